The summed E-state index contributed by atoms with van der Waals surface area (Å²) in [7, 11) is 0. The van der Waals surface area contributed by atoms with Crippen molar-refractivity contribution in [3.63, 3.8) is 0 Å². The van der Waals surface area contributed by atoms with E-state index in [1.807, 2.05) is 0 Å². The van der Waals surface area contributed by atoms with Crippen molar-refractivity contribution in [1.29, 1.82) is 0 Å². The molecule has 0 amide bonds. The molecule has 12 heavy (non-hydrogen) atoms. The van der Waals surface area contributed by atoms with Crippen LogP contribution in [0.4, 0.5) is 0 Å². The first-order valence-electron chi connectivity index (χ1n) is 5.48. The van der Waals surface area contributed by atoms with Crippen molar-refractivity contribution in [3.8, 4) is 0 Å². The molecule has 1 aliphatic carbocycles. The summed E-state index contributed by atoms with van der Waals surface area (Å²) in [4.78, 5) is 0. The van der Waals surface area contributed by atoms with Crippen molar-refractivity contribution in [2.75, 3.05) is 0 Å². The fraction of sp³-hybridized carbons (Fsp3) is 0.833. The zero-order chi connectivity index (χ0) is 8.97. The maximum absolute atomic E-state index is 2.30. The SMILES string of the molecule is CCCCCC1CC1=C(C)CC. The number of rotatable bonds is 5. The fourth-order valence-electron chi connectivity index (χ4n) is 1.87. The largest absolute Gasteiger partial charge is 0.0741 e. The summed E-state index contributed by atoms with van der Waals surface area (Å²) in [5.74, 6) is 0.997. The van der Waals surface area contributed by atoms with E-state index in [2.05, 4.69) is 20.8 Å². The first-order valence-corrected chi connectivity index (χ1v) is 5.48. The predicted molar refractivity (Wildman–Crippen MR) is 55.2 cm³/mol. The maximum atomic E-state index is 2.30. The second kappa shape index (κ2) is 4.69. The van der Waals surface area contributed by atoms with Crippen LogP contribution in [0.2, 0.25) is 0 Å². The lowest BCUT2D eigenvalue weighted by Crippen LogP contribution is -1.79. The Labute approximate surface area is 77.1 Å². The van der Waals surface area contributed by atoms with Crippen molar-refractivity contribution in [2.45, 2.75) is 59.3 Å². The minimum Gasteiger partial charge on any atom is -0.0741 e. The molecule has 0 heterocycles. The summed E-state index contributed by atoms with van der Waals surface area (Å²) in [6.07, 6.45) is 8.37. The molecule has 0 radical (unpaired) electrons. The van der Waals surface area contributed by atoms with Gasteiger partial charge >= 0.3 is 0 Å². The summed E-state index contributed by atoms with van der Waals surface area (Å²) >= 11 is 0. The molecule has 0 aromatic carbocycles. The van der Waals surface area contributed by atoms with Gasteiger partial charge in [0.25, 0.3) is 0 Å². The van der Waals surface area contributed by atoms with Crippen LogP contribution in [0.3, 0.4) is 0 Å². The van der Waals surface area contributed by atoms with Crippen LogP contribution >= 0.6 is 0 Å². The average molecular weight is 166 g/mol. The second-order valence-corrected chi connectivity index (χ2v) is 4.06. The van der Waals surface area contributed by atoms with E-state index in [4.69, 9.17) is 0 Å². The summed E-state index contributed by atoms with van der Waals surface area (Å²) in [6.45, 7) is 6.85. The highest BCUT2D eigenvalue weighted by Crippen LogP contribution is 2.44. The topological polar surface area (TPSA) is 0 Å². The third kappa shape index (κ3) is 2.66. The fourth-order valence-corrected chi connectivity index (χ4v) is 1.87. The standard InChI is InChI=1S/C12H22/c1-4-6-7-8-11-9-12(11)10(3)5-2/h11H,4-9H2,1-3H3. The van der Waals surface area contributed by atoms with Crippen molar-refractivity contribution in [1.82, 2.24) is 0 Å². The van der Waals surface area contributed by atoms with Crippen LogP contribution in [0.25, 0.3) is 0 Å². The van der Waals surface area contributed by atoms with Gasteiger partial charge in [0.05, 0.1) is 0 Å². The Morgan fingerprint density at radius 2 is 2.08 bits per heavy atom. The van der Waals surface area contributed by atoms with E-state index in [0.717, 1.165) is 5.92 Å². The Morgan fingerprint density at radius 1 is 1.33 bits per heavy atom. The Hall–Kier alpha value is -0.260. The minimum absolute atomic E-state index is 0.997. The van der Waals surface area contributed by atoms with Crippen molar-refractivity contribution >= 4 is 0 Å². The third-order valence-corrected chi connectivity index (χ3v) is 3.03. The van der Waals surface area contributed by atoms with Gasteiger partial charge in [-0.25, -0.2) is 0 Å². The average Bonchev–Trinajstić information content (AvgIpc) is 2.83. The number of hydrogen-bond donors (Lipinski definition) is 0. The van der Waals surface area contributed by atoms with Gasteiger partial charge in [-0.1, -0.05) is 44.3 Å². The molecule has 0 N–H and O–H groups in total. The van der Waals surface area contributed by atoms with Crippen molar-refractivity contribution in [2.24, 2.45) is 5.92 Å². The van der Waals surface area contributed by atoms with Crippen LogP contribution in [-0.4, -0.2) is 0 Å². The molecule has 0 aromatic rings. The molecule has 0 spiro atoms. The summed E-state index contributed by atoms with van der Waals surface area (Å²) in [6, 6.07) is 0. The molecule has 0 aromatic heterocycles. The monoisotopic (exact) mass is 166 g/mol. The molecule has 0 saturated heterocycles. The van der Waals surface area contributed by atoms with Crippen LogP contribution in [0.5, 0.6) is 0 Å². The Balaban J connectivity index is 2.15. The van der Waals surface area contributed by atoms with E-state index in [1.165, 1.54) is 38.5 Å². The molecule has 1 rings (SSSR count). The zero-order valence-electron chi connectivity index (χ0n) is 8.82. The van der Waals surface area contributed by atoms with E-state index in [9.17, 15) is 0 Å². The highest BCUT2D eigenvalue weighted by molar-refractivity contribution is 5.28. The summed E-state index contributed by atoms with van der Waals surface area (Å²) in [5.41, 5.74) is 3.45. The van der Waals surface area contributed by atoms with Gasteiger partial charge in [-0.05, 0) is 32.1 Å². The first-order chi connectivity index (χ1) is 5.79. The summed E-state index contributed by atoms with van der Waals surface area (Å²) < 4.78 is 0. The minimum atomic E-state index is 0.997. The third-order valence-electron chi connectivity index (χ3n) is 3.03. The van der Waals surface area contributed by atoms with Gasteiger partial charge in [-0.2, -0.15) is 0 Å². The molecule has 0 bridgehead atoms. The van der Waals surface area contributed by atoms with Crippen LogP contribution < -0.4 is 0 Å². The van der Waals surface area contributed by atoms with Crippen LogP contribution in [-0.2, 0) is 0 Å². The lowest BCUT2D eigenvalue weighted by atomic mass is 10.1. The highest BCUT2D eigenvalue weighted by Gasteiger charge is 2.29. The van der Waals surface area contributed by atoms with E-state index in [1.54, 1.807) is 11.1 Å². The lowest BCUT2D eigenvalue weighted by molar-refractivity contribution is 0.630. The Morgan fingerprint density at radius 3 is 2.67 bits per heavy atom. The van der Waals surface area contributed by atoms with E-state index in [-0.39, 0.29) is 0 Å². The molecular weight excluding hydrogens is 144 g/mol. The molecule has 0 nitrogen and oxygen atoms in total. The predicted octanol–water partition coefficient (Wildman–Crippen LogP) is 4.31. The molecule has 0 heteroatoms. The molecule has 1 saturated carbocycles. The van der Waals surface area contributed by atoms with Gasteiger partial charge in [-0.3, -0.25) is 0 Å². The number of hydrogen-bond acceptors (Lipinski definition) is 0. The Bertz CT molecular complexity index is 165. The van der Waals surface area contributed by atoms with Crippen LogP contribution in [0.1, 0.15) is 59.3 Å². The van der Waals surface area contributed by atoms with Gasteiger partial charge in [0.2, 0.25) is 0 Å². The number of allylic oxidation sites excluding steroid dienone is 2. The van der Waals surface area contributed by atoms with Gasteiger partial charge in [-0.15, -0.1) is 0 Å². The van der Waals surface area contributed by atoms with Gasteiger partial charge in [0.15, 0.2) is 0 Å². The molecule has 1 unspecified atom stereocenters. The molecular formula is C12H22. The Kier molecular flexibility index (Phi) is 3.84. The van der Waals surface area contributed by atoms with Crippen LogP contribution in [0.15, 0.2) is 11.1 Å². The molecule has 1 aliphatic rings. The summed E-state index contributed by atoms with van der Waals surface area (Å²) in [5, 5.41) is 0. The van der Waals surface area contributed by atoms with Gasteiger partial charge in [0.1, 0.15) is 0 Å². The zero-order valence-corrected chi connectivity index (χ0v) is 8.82. The quantitative estimate of drug-likeness (QED) is 0.421. The van der Waals surface area contributed by atoms with Crippen molar-refractivity contribution in [3.05, 3.63) is 11.1 Å². The van der Waals surface area contributed by atoms with Crippen LogP contribution in [0, 0.1) is 5.92 Å². The van der Waals surface area contributed by atoms with E-state index >= 15 is 0 Å². The molecule has 70 valence electrons. The number of unbranched alkanes of at least 4 members (excludes halogenated alkanes) is 2. The lowest BCUT2D eigenvalue weighted by Gasteiger charge is -1.96. The normalized spacial score (nSPS) is 25.8. The second-order valence-electron chi connectivity index (χ2n) is 4.06. The highest BCUT2D eigenvalue weighted by atomic mass is 14.3. The molecule has 1 fully saturated rings. The van der Waals surface area contributed by atoms with Gasteiger partial charge in [0, 0.05) is 0 Å². The van der Waals surface area contributed by atoms with E-state index < -0.39 is 0 Å². The molecule has 1 atom stereocenters. The maximum Gasteiger partial charge on any atom is -0.0163 e. The van der Waals surface area contributed by atoms with Crippen molar-refractivity contribution < 1.29 is 0 Å². The van der Waals surface area contributed by atoms with E-state index in [0.29, 0.717) is 0 Å². The smallest absolute Gasteiger partial charge is 0.0163 e. The first kappa shape index (κ1) is 9.83. The van der Waals surface area contributed by atoms with Gasteiger partial charge < -0.3 is 0 Å². The molecule has 0 aliphatic heterocycles.